The lowest BCUT2D eigenvalue weighted by Gasteiger charge is -2.28. The van der Waals surface area contributed by atoms with E-state index in [0.717, 1.165) is 4.90 Å². The zero-order valence-corrected chi connectivity index (χ0v) is 17.9. The number of ether oxygens (including phenoxy) is 4. The fraction of sp³-hybridized carbons (Fsp3) is 0.190. The maximum atomic E-state index is 13.2. The molecule has 4 amide bonds. The van der Waals surface area contributed by atoms with Gasteiger partial charge in [-0.1, -0.05) is 11.6 Å². The molecule has 0 atom stereocenters. The number of carbonyl (C=O) groups excluding carboxylic acids is 3. The fourth-order valence-corrected chi connectivity index (χ4v) is 3.22. The summed E-state index contributed by atoms with van der Waals surface area (Å²) < 4.78 is 20.9. The molecule has 1 aliphatic heterocycles. The summed E-state index contributed by atoms with van der Waals surface area (Å²) in [4.78, 5) is 39.0. The van der Waals surface area contributed by atoms with Crippen LogP contribution < -0.4 is 29.2 Å². The van der Waals surface area contributed by atoms with E-state index >= 15 is 0 Å². The summed E-state index contributed by atoms with van der Waals surface area (Å²) in [5, 5.41) is 2.38. The third kappa shape index (κ3) is 4.13. The quantitative estimate of drug-likeness (QED) is 0.537. The molecule has 1 saturated heterocycles. The van der Waals surface area contributed by atoms with Gasteiger partial charge in [0.2, 0.25) is 0 Å². The van der Waals surface area contributed by atoms with E-state index in [9.17, 15) is 14.4 Å². The van der Waals surface area contributed by atoms with Crippen molar-refractivity contribution >= 4 is 41.2 Å². The fourth-order valence-electron chi connectivity index (χ4n) is 2.99. The number of barbiturate groups is 1. The van der Waals surface area contributed by atoms with Crippen LogP contribution in [0.15, 0.2) is 35.9 Å². The Hall–Kier alpha value is -3.72. The van der Waals surface area contributed by atoms with Crippen molar-refractivity contribution in [1.29, 1.82) is 0 Å². The van der Waals surface area contributed by atoms with Crippen molar-refractivity contribution in [2.75, 3.05) is 33.3 Å². The molecule has 1 N–H and O–H groups in total. The summed E-state index contributed by atoms with van der Waals surface area (Å²) in [6.07, 6.45) is 1.33. The molecule has 3 rings (SSSR count). The molecule has 0 aliphatic carbocycles. The number of amides is 4. The number of benzene rings is 2. The highest BCUT2D eigenvalue weighted by Crippen LogP contribution is 2.39. The number of nitrogens with zero attached hydrogens (tertiary/aromatic N) is 1. The SMILES string of the molecule is COc1ccc(/C=C2\C(=O)NC(=O)N(c3cc(OC)c(Cl)cc3OC)C2=O)c(OC)c1. The van der Waals surface area contributed by atoms with E-state index in [2.05, 4.69) is 5.32 Å². The number of anilines is 1. The first-order chi connectivity index (χ1) is 14.8. The number of carbonyl (C=O) groups is 3. The van der Waals surface area contributed by atoms with E-state index in [1.807, 2.05) is 0 Å². The Morgan fingerprint density at radius 1 is 0.871 bits per heavy atom. The Bertz CT molecular complexity index is 1100. The van der Waals surface area contributed by atoms with Crippen molar-refractivity contribution in [1.82, 2.24) is 5.32 Å². The molecule has 0 saturated carbocycles. The molecule has 2 aromatic rings. The Morgan fingerprint density at radius 3 is 2.16 bits per heavy atom. The molecule has 9 nitrogen and oxygen atoms in total. The lowest BCUT2D eigenvalue weighted by Crippen LogP contribution is -2.54. The van der Waals surface area contributed by atoms with Gasteiger partial charge in [-0.15, -0.1) is 0 Å². The van der Waals surface area contributed by atoms with Gasteiger partial charge >= 0.3 is 6.03 Å². The normalized spacial score (nSPS) is 15.1. The van der Waals surface area contributed by atoms with Gasteiger partial charge in [0.05, 0.1) is 39.1 Å². The van der Waals surface area contributed by atoms with Crippen LogP contribution in [0, 0.1) is 0 Å². The van der Waals surface area contributed by atoms with Crippen LogP contribution in [0.1, 0.15) is 5.56 Å². The number of methoxy groups -OCH3 is 4. The third-order valence-electron chi connectivity index (χ3n) is 4.54. The highest BCUT2D eigenvalue weighted by Gasteiger charge is 2.38. The van der Waals surface area contributed by atoms with Gasteiger partial charge in [0.1, 0.15) is 28.6 Å². The van der Waals surface area contributed by atoms with E-state index in [0.29, 0.717) is 17.1 Å². The van der Waals surface area contributed by atoms with Gasteiger partial charge in [-0.2, -0.15) is 0 Å². The highest BCUT2D eigenvalue weighted by atomic mass is 35.5. The number of halogens is 1. The van der Waals surface area contributed by atoms with Crippen molar-refractivity contribution in [3.8, 4) is 23.0 Å². The lowest BCUT2D eigenvalue weighted by atomic mass is 10.1. The lowest BCUT2D eigenvalue weighted by molar-refractivity contribution is -0.122. The molecule has 0 aromatic heterocycles. The summed E-state index contributed by atoms with van der Waals surface area (Å²) in [6.45, 7) is 0. The van der Waals surface area contributed by atoms with Gasteiger partial charge in [-0.25, -0.2) is 9.69 Å². The van der Waals surface area contributed by atoms with E-state index in [1.165, 1.54) is 46.6 Å². The first-order valence-corrected chi connectivity index (χ1v) is 9.27. The van der Waals surface area contributed by atoms with Crippen LogP contribution >= 0.6 is 11.6 Å². The molecule has 162 valence electrons. The van der Waals surface area contributed by atoms with Gasteiger partial charge in [-0.05, 0) is 18.2 Å². The van der Waals surface area contributed by atoms with E-state index in [1.54, 1.807) is 18.2 Å². The molecule has 0 spiro atoms. The Balaban J connectivity index is 2.11. The second kappa shape index (κ2) is 8.97. The molecule has 0 radical (unpaired) electrons. The zero-order valence-electron chi connectivity index (χ0n) is 17.1. The second-order valence-electron chi connectivity index (χ2n) is 6.22. The minimum atomic E-state index is -0.934. The minimum Gasteiger partial charge on any atom is -0.497 e. The van der Waals surface area contributed by atoms with Crippen molar-refractivity contribution < 1.29 is 33.3 Å². The minimum absolute atomic E-state index is 0.0614. The van der Waals surface area contributed by atoms with Crippen molar-refractivity contribution in [2.24, 2.45) is 0 Å². The van der Waals surface area contributed by atoms with Crippen LogP contribution in [-0.4, -0.2) is 46.3 Å². The second-order valence-corrected chi connectivity index (χ2v) is 6.63. The molecule has 1 heterocycles. The monoisotopic (exact) mass is 446 g/mol. The highest BCUT2D eigenvalue weighted by molar-refractivity contribution is 6.39. The molecule has 0 bridgehead atoms. The summed E-state index contributed by atoms with van der Waals surface area (Å²) in [5.74, 6) is -0.421. The van der Waals surface area contributed by atoms with Crippen molar-refractivity contribution in [3.05, 3.63) is 46.5 Å². The first-order valence-electron chi connectivity index (χ1n) is 8.89. The predicted molar refractivity (Wildman–Crippen MR) is 113 cm³/mol. The molecule has 0 unspecified atom stereocenters. The molecular weight excluding hydrogens is 428 g/mol. The van der Waals surface area contributed by atoms with Crippen LogP contribution in [0.25, 0.3) is 6.08 Å². The van der Waals surface area contributed by atoms with Crippen LogP contribution in [0.4, 0.5) is 10.5 Å². The summed E-state index contributed by atoms with van der Waals surface area (Å²) in [7, 11) is 5.70. The van der Waals surface area contributed by atoms with E-state index < -0.39 is 17.8 Å². The topological polar surface area (TPSA) is 103 Å². The van der Waals surface area contributed by atoms with Crippen molar-refractivity contribution in [2.45, 2.75) is 0 Å². The smallest absolute Gasteiger partial charge is 0.336 e. The summed E-state index contributed by atoms with van der Waals surface area (Å²) in [6, 6.07) is 6.72. The van der Waals surface area contributed by atoms with Crippen LogP contribution in [-0.2, 0) is 9.59 Å². The molecule has 10 heteroatoms. The van der Waals surface area contributed by atoms with Gasteiger partial charge in [-0.3, -0.25) is 14.9 Å². The molecular formula is C21H19ClN2O7. The van der Waals surface area contributed by atoms with Gasteiger partial charge < -0.3 is 18.9 Å². The number of hydrogen-bond acceptors (Lipinski definition) is 7. The number of imide groups is 2. The molecule has 2 aromatic carbocycles. The van der Waals surface area contributed by atoms with Crippen molar-refractivity contribution in [3.63, 3.8) is 0 Å². The average Bonchev–Trinajstić information content (AvgIpc) is 2.76. The number of urea groups is 1. The standard InChI is InChI=1S/C21H19ClN2O7/c1-28-12-6-5-11(16(8-12)29-2)7-13-19(25)23-21(27)24(20(13)26)15-10-17(30-3)14(22)9-18(15)31-4/h5-10H,1-4H3,(H,23,25,27)/b13-7+. The third-order valence-corrected chi connectivity index (χ3v) is 4.83. The summed E-state index contributed by atoms with van der Waals surface area (Å²) in [5.41, 5.74) is 0.224. The largest absolute Gasteiger partial charge is 0.497 e. The Kier molecular flexibility index (Phi) is 6.36. The van der Waals surface area contributed by atoms with Crippen LogP contribution in [0.2, 0.25) is 5.02 Å². The van der Waals surface area contributed by atoms with Crippen LogP contribution in [0.3, 0.4) is 0 Å². The molecule has 1 aliphatic rings. The van der Waals surface area contributed by atoms with E-state index in [4.69, 9.17) is 30.5 Å². The van der Waals surface area contributed by atoms with Gasteiger partial charge in [0.25, 0.3) is 11.8 Å². The first kappa shape index (κ1) is 22.0. The maximum absolute atomic E-state index is 13.2. The Morgan fingerprint density at radius 2 is 1.55 bits per heavy atom. The average molecular weight is 447 g/mol. The van der Waals surface area contributed by atoms with Gasteiger partial charge in [0.15, 0.2) is 0 Å². The zero-order chi connectivity index (χ0) is 22.7. The number of rotatable bonds is 6. The molecule has 31 heavy (non-hydrogen) atoms. The summed E-state index contributed by atoms with van der Waals surface area (Å²) >= 11 is 6.11. The molecule has 1 fully saturated rings. The van der Waals surface area contributed by atoms with E-state index in [-0.39, 0.29) is 27.8 Å². The predicted octanol–water partition coefficient (Wildman–Crippen LogP) is 3.04. The Labute approximate surface area is 183 Å². The van der Waals surface area contributed by atoms with Crippen LogP contribution in [0.5, 0.6) is 23.0 Å². The number of hydrogen-bond donors (Lipinski definition) is 1. The maximum Gasteiger partial charge on any atom is 0.336 e. The number of nitrogens with one attached hydrogen (secondary N) is 1. The van der Waals surface area contributed by atoms with Gasteiger partial charge in [0, 0.05) is 23.8 Å².